The topological polar surface area (TPSA) is 6.48 Å². The molecule has 20 aromatic carbocycles. The van der Waals surface area contributed by atoms with E-state index in [2.05, 4.69) is 533 Å². The van der Waals surface area contributed by atoms with E-state index >= 15 is 0 Å². The minimum Gasteiger partial charge on any atom is -0.310 e. The van der Waals surface area contributed by atoms with E-state index < -0.39 is 16.2 Å². The summed E-state index contributed by atoms with van der Waals surface area (Å²) in [6.07, 6.45) is 0. The number of fused-ring (bicyclic) bond motifs is 18. The van der Waals surface area contributed by atoms with Gasteiger partial charge in [0.05, 0.1) is 27.6 Å². The molecule has 2 spiro atoms. The van der Waals surface area contributed by atoms with Gasteiger partial charge in [-0.3, -0.25) is 0 Å². The van der Waals surface area contributed by atoms with E-state index in [1.54, 1.807) is 0 Å². The summed E-state index contributed by atoms with van der Waals surface area (Å²) in [5.41, 5.74) is 42.9. The maximum atomic E-state index is 2.48. The molecule has 0 bridgehead atoms. The molecule has 20 aromatic rings. The van der Waals surface area contributed by atoms with Crippen molar-refractivity contribution >= 4 is 34.1 Å². The Bertz CT molecular complexity index is 7360. The summed E-state index contributed by atoms with van der Waals surface area (Å²) in [6, 6.07) is 188. The Hall–Kier alpha value is -16.0. The van der Waals surface area contributed by atoms with E-state index in [1.807, 2.05) is 0 Å². The van der Waals surface area contributed by atoms with Gasteiger partial charge in [-0.2, -0.15) is 0 Å². The van der Waals surface area contributed by atoms with Crippen molar-refractivity contribution in [3.63, 3.8) is 0 Å². The maximum Gasteiger partial charge on any atom is 0.0720 e. The Kier molecular flexibility index (Phi) is 19.0. The van der Waals surface area contributed by atoms with Gasteiger partial charge in [-0.15, -0.1) is 0 Å². The molecule has 0 aromatic heterocycles. The van der Waals surface area contributed by atoms with Crippen LogP contribution in [0, 0.1) is 0 Å². The molecule has 0 aliphatic heterocycles. The molecule has 0 atom stereocenters. The van der Waals surface area contributed by atoms with E-state index in [4.69, 9.17) is 0 Å². The second-order valence-corrected chi connectivity index (χ2v) is 34.8. The zero-order valence-corrected chi connectivity index (χ0v) is 71.4. The molecule has 604 valence electrons. The van der Waals surface area contributed by atoms with Crippen molar-refractivity contribution in [1.82, 2.24) is 0 Å². The zero-order valence-electron chi connectivity index (χ0n) is 71.4. The monoisotopic (exact) mass is 1630 g/mol. The Labute approximate surface area is 750 Å². The predicted molar refractivity (Wildman–Crippen MR) is 533 cm³/mol. The van der Waals surface area contributed by atoms with Crippen LogP contribution in [0.2, 0.25) is 0 Å². The van der Waals surface area contributed by atoms with Crippen molar-refractivity contribution in [1.29, 1.82) is 0 Å². The molecule has 0 heterocycles. The highest BCUT2D eigenvalue weighted by Crippen LogP contribution is 2.68. The lowest BCUT2D eigenvalue weighted by molar-refractivity contribution is 0.563. The second-order valence-electron chi connectivity index (χ2n) is 34.8. The Morgan fingerprint density at radius 1 is 0.141 bits per heavy atom. The molecular weight excluding hydrogens is 1540 g/mol. The molecule has 0 amide bonds. The van der Waals surface area contributed by atoms with Crippen LogP contribution >= 0.6 is 0 Å². The van der Waals surface area contributed by atoms with Gasteiger partial charge in [0, 0.05) is 39.3 Å². The SMILES string of the molecule is CC1(C)c2ccccc2C2(c3ccccc3-c3c(N(c4ccc(-c5ccccc5)cc4)c4ccc(-c5ccc(-c6ccccc6)cc5)cc4)cccc32)c2ccccc21.c1ccc(-c2ccc(-c3ccc(N(c4ccc(-c5ccccc5)cc4)c4cccc5c4-c4ccccc4C54c5ccccc5C(c5ccccc5)(c5ccccc5)c5ccccc54)cc3)cc2)cc1. The second kappa shape index (κ2) is 31.7. The molecule has 2 heteroatoms. The summed E-state index contributed by atoms with van der Waals surface area (Å²) < 4.78 is 0. The summed E-state index contributed by atoms with van der Waals surface area (Å²) in [7, 11) is 0. The van der Waals surface area contributed by atoms with Crippen LogP contribution in [0.1, 0.15) is 91.7 Å². The molecule has 0 saturated heterocycles. The first kappa shape index (κ1) is 76.9. The van der Waals surface area contributed by atoms with Gasteiger partial charge in [0.1, 0.15) is 0 Å². The summed E-state index contributed by atoms with van der Waals surface area (Å²) >= 11 is 0. The van der Waals surface area contributed by atoms with E-state index in [1.165, 1.54) is 173 Å². The van der Waals surface area contributed by atoms with Gasteiger partial charge in [0.25, 0.3) is 0 Å². The van der Waals surface area contributed by atoms with Crippen molar-refractivity contribution in [2.75, 3.05) is 9.80 Å². The normalized spacial score (nSPS) is 13.6. The van der Waals surface area contributed by atoms with E-state index in [9.17, 15) is 0 Å². The van der Waals surface area contributed by atoms with Crippen LogP contribution in [0.25, 0.3) is 89.0 Å². The Morgan fingerprint density at radius 2 is 0.328 bits per heavy atom. The third-order valence-electron chi connectivity index (χ3n) is 27.8. The van der Waals surface area contributed by atoms with Crippen LogP contribution in [-0.4, -0.2) is 0 Å². The van der Waals surface area contributed by atoms with Crippen LogP contribution in [-0.2, 0) is 21.7 Å². The van der Waals surface area contributed by atoms with Crippen LogP contribution < -0.4 is 9.80 Å². The largest absolute Gasteiger partial charge is 0.310 e. The lowest BCUT2D eigenvalue weighted by Crippen LogP contribution is -2.44. The number of anilines is 6. The molecule has 0 fully saturated rings. The summed E-state index contributed by atoms with van der Waals surface area (Å²) in [6.45, 7) is 4.77. The Balaban J connectivity index is 0.000000148. The quantitative estimate of drug-likeness (QED) is 0.107. The molecule has 2 nitrogen and oxygen atoms in total. The predicted octanol–water partition coefficient (Wildman–Crippen LogP) is 32.4. The fourth-order valence-electron chi connectivity index (χ4n) is 22.2. The van der Waals surface area contributed by atoms with Gasteiger partial charge in [-0.1, -0.05) is 463 Å². The number of hydrogen-bond donors (Lipinski definition) is 0. The minimum atomic E-state index is -0.610. The van der Waals surface area contributed by atoms with Gasteiger partial charge < -0.3 is 9.80 Å². The van der Waals surface area contributed by atoms with Crippen molar-refractivity contribution < 1.29 is 0 Å². The third kappa shape index (κ3) is 12.3. The van der Waals surface area contributed by atoms with E-state index in [0.29, 0.717) is 0 Å². The van der Waals surface area contributed by atoms with Crippen molar-refractivity contribution in [2.24, 2.45) is 0 Å². The van der Waals surface area contributed by atoms with Crippen LogP contribution in [0.15, 0.2) is 510 Å². The van der Waals surface area contributed by atoms with Crippen LogP contribution in [0.5, 0.6) is 0 Å². The molecule has 0 radical (unpaired) electrons. The van der Waals surface area contributed by atoms with E-state index in [-0.39, 0.29) is 5.41 Å². The highest BCUT2D eigenvalue weighted by molar-refractivity contribution is 6.01. The van der Waals surface area contributed by atoms with Crippen LogP contribution in [0.3, 0.4) is 0 Å². The first-order valence-corrected chi connectivity index (χ1v) is 44.7. The van der Waals surface area contributed by atoms with Gasteiger partial charge in [-0.05, 0) is 216 Å². The molecule has 0 saturated carbocycles. The number of hydrogen-bond acceptors (Lipinski definition) is 2. The maximum absolute atomic E-state index is 2.48. The first-order chi connectivity index (χ1) is 63.3. The summed E-state index contributed by atoms with van der Waals surface area (Å²) in [5, 5.41) is 0. The summed E-state index contributed by atoms with van der Waals surface area (Å²) in [4.78, 5) is 4.95. The van der Waals surface area contributed by atoms with Crippen molar-refractivity contribution in [3.05, 3.63) is 587 Å². The van der Waals surface area contributed by atoms with Gasteiger partial charge in [0.15, 0.2) is 0 Å². The van der Waals surface area contributed by atoms with E-state index in [0.717, 1.165) is 28.4 Å². The highest BCUT2D eigenvalue weighted by Gasteiger charge is 2.58. The fraction of sp³-hybridized carbons (Fsp3) is 0.0476. The molecule has 24 rings (SSSR count). The van der Waals surface area contributed by atoms with Crippen molar-refractivity contribution in [2.45, 2.75) is 35.5 Å². The average molecular weight is 1630 g/mol. The lowest BCUT2D eigenvalue weighted by Gasteiger charge is -2.50. The minimum absolute atomic E-state index is 0.149. The van der Waals surface area contributed by atoms with Gasteiger partial charge in [0.2, 0.25) is 0 Å². The smallest absolute Gasteiger partial charge is 0.0720 e. The number of benzene rings is 20. The molecular formula is C126H90N2. The standard InChI is InChI=1S/C68H47N.C58H43N/c1-5-20-48(21-6-1)50-36-38-51(39-37-50)53-42-46-57(47-43-53)69(56-44-40-52(41-45-56)49-22-7-2-8-23-49)65-35-19-34-64-66(65)58-28-13-14-29-59(58)68(64)62-32-17-15-30-60(62)67(54-24-9-3-10-25-54,55-26-11-4-12-27-55)61-31-16-18-33-63(61)68;1-57(2)50-22-11-13-24-52(50)58(53-25-14-12-23-51(53)57)49-21-10-9-20-48(49)56-54(58)26-15-27-55(56)59(46-36-32-44(33-37-46)41-18-7-4-8-19-41)47-38-34-45(35-39-47)43-30-28-42(29-31-43)40-16-5-3-6-17-40/h1-47H;3-39H,1-2H3. The number of rotatable bonds is 14. The molecule has 4 aliphatic carbocycles. The molecule has 0 unspecified atom stereocenters. The highest BCUT2D eigenvalue weighted by atomic mass is 15.2. The molecule has 0 N–H and O–H groups in total. The van der Waals surface area contributed by atoms with Gasteiger partial charge >= 0.3 is 0 Å². The zero-order chi connectivity index (χ0) is 85.3. The fourth-order valence-corrected chi connectivity index (χ4v) is 22.2. The van der Waals surface area contributed by atoms with Crippen molar-refractivity contribution in [3.8, 4) is 89.0 Å². The molecule has 4 aliphatic rings. The van der Waals surface area contributed by atoms with Crippen LogP contribution in [0.4, 0.5) is 34.1 Å². The average Bonchev–Trinajstić information content (AvgIpc) is 1.46. The summed E-state index contributed by atoms with van der Waals surface area (Å²) in [5.74, 6) is 0. The molecule has 128 heavy (non-hydrogen) atoms. The third-order valence-corrected chi connectivity index (χ3v) is 27.8. The lowest BCUT2D eigenvalue weighted by atomic mass is 9.51. The Morgan fingerprint density at radius 3 is 0.594 bits per heavy atom. The first-order valence-electron chi connectivity index (χ1n) is 44.7. The number of nitrogens with zero attached hydrogens (tertiary/aromatic N) is 2. The van der Waals surface area contributed by atoms with Gasteiger partial charge in [-0.25, -0.2) is 0 Å².